The van der Waals surface area contributed by atoms with E-state index in [1.54, 1.807) is 0 Å². The van der Waals surface area contributed by atoms with Crippen LogP contribution in [0, 0.1) is 0 Å². The number of ether oxygens (including phenoxy) is 2. The van der Waals surface area contributed by atoms with Crippen LogP contribution in [0.4, 0.5) is 0 Å². The number of methoxy groups -OCH3 is 1. The number of fused-ring (bicyclic) bond motifs is 1. The molecule has 0 bridgehead atoms. The number of hydrogen-bond donors (Lipinski definition) is 1. The van der Waals surface area contributed by atoms with Crippen molar-refractivity contribution in [1.82, 2.24) is 4.90 Å². The van der Waals surface area contributed by atoms with Crippen LogP contribution in [0.1, 0.15) is 6.42 Å². The van der Waals surface area contributed by atoms with Crippen molar-refractivity contribution in [3.05, 3.63) is 11.8 Å². The van der Waals surface area contributed by atoms with E-state index in [4.69, 9.17) is 9.84 Å². The van der Waals surface area contributed by atoms with E-state index in [1.165, 1.54) is 18.1 Å². The lowest BCUT2D eigenvalue weighted by Crippen LogP contribution is -2.55. The predicted octanol–water partition coefficient (Wildman–Crippen LogP) is -1.01. The summed E-state index contributed by atoms with van der Waals surface area (Å²) < 4.78 is 9.89. The van der Waals surface area contributed by atoms with Crippen molar-refractivity contribution in [3.63, 3.8) is 0 Å². The number of aliphatic hydroxyl groups is 1. The molecule has 2 atom stereocenters. The molecule has 6 heteroatoms. The molecule has 0 aromatic rings. The normalized spacial score (nSPS) is 30.9. The average Bonchev–Trinajstić information content (AvgIpc) is 2.50. The first-order valence-electron chi connectivity index (χ1n) is 4.55. The van der Waals surface area contributed by atoms with E-state index in [-0.39, 0.29) is 25.2 Å². The molecular weight excluding hydrogens is 202 g/mol. The van der Waals surface area contributed by atoms with Crippen molar-refractivity contribution in [2.45, 2.75) is 18.7 Å². The molecule has 0 aromatic carbocycles. The molecule has 1 N–H and O–H groups in total. The predicted molar refractivity (Wildman–Crippen MR) is 47.3 cm³/mol. The fourth-order valence-electron chi connectivity index (χ4n) is 1.76. The third-order valence-electron chi connectivity index (χ3n) is 2.48. The molecule has 2 unspecified atom stereocenters. The molecule has 0 aliphatic carbocycles. The Morgan fingerprint density at radius 2 is 2.53 bits per heavy atom. The minimum Gasteiger partial charge on any atom is -0.472 e. The highest BCUT2D eigenvalue weighted by atomic mass is 16.6. The monoisotopic (exact) mass is 213 g/mol. The number of esters is 1. The number of rotatable bonds is 2. The van der Waals surface area contributed by atoms with E-state index in [0.29, 0.717) is 5.76 Å². The van der Waals surface area contributed by atoms with Crippen LogP contribution in [0.2, 0.25) is 0 Å². The quantitative estimate of drug-likeness (QED) is 0.470. The Kier molecular flexibility index (Phi) is 2.36. The summed E-state index contributed by atoms with van der Waals surface area (Å²) in [5.41, 5.74) is 0. The molecule has 0 saturated carbocycles. The van der Waals surface area contributed by atoms with Crippen LogP contribution >= 0.6 is 0 Å². The van der Waals surface area contributed by atoms with Gasteiger partial charge in [0.15, 0.2) is 12.3 Å². The molecule has 2 heterocycles. The lowest BCUT2D eigenvalue weighted by atomic mass is 10.1. The van der Waals surface area contributed by atoms with Gasteiger partial charge in [-0.25, -0.2) is 4.79 Å². The van der Waals surface area contributed by atoms with Crippen molar-refractivity contribution in [2.75, 3.05) is 13.7 Å². The summed E-state index contributed by atoms with van der Waals surface area (Å²) in [4.78, 5) is 24.0. The van der Waals surface area contributed by atoms with Crippen molar-refractivity contribution in [2.24, 2.45) is 0 Å². The van der Waals surface area contributed by atoms with Crippen LogP contribution in [0.3, 0.4) is 0 Å². The number of carbonyl (C=O) groups excluding carboxylic acids is 2. The van der Waals surface area contributed by atoms with Gasteiger partial charge in [-0.2, -0.15) is 0 Å². The Morgan fingerprint density at radius 3 is 3.07 bits per heavy atom. The summed E-state index contributed by atoms with van der Waals surface area (Å²) in [7, 11) is 1.25. The van der Waals surface area contributed by atoms with Gasteiger partial charge in [0.2, 0.25) is 5.91 Å². The number of nitrogens with zero attached hydrogens (tertiary/aromatic N) is 1. The van der Waals surface area contributed by atoms with Crippen LogP contribution in [0.5, 0.6) is 0 Å². The fraction of sp³-hybridized carbons (Fsp3) is 0.556. The molecule has 2 rings (SSSR count). The summed E-state index contributed by atoms with van der Waals surface area (Å²) in [6.07, 6.45) is 1.27. The molecule has 2 saturated heterocycles. The zero-order valence-electron chi connectivity index (χ0n) is 8.17. The Hall–Kier alpha value is -1.56. The van der Waals surface area contributed by atoms with E-state index < -0.39 is 12.0 Å². The Morgan fingerprint density at radius 1 is 1.80 bits per heavy atom. The second-order valence-electron chi connectivity index (χ2n) is 3.29. The molecule has 2 aliphatic rings. The van der Waals surface area contributed by atoms with Crippen molar-refractivity contribution in [3.8, 4) is 0 Å². The van der Waals surface area contributed by atoms with Gasteiger partial charge in [-0.1, -0.05) is 0 Å². The lowest BCUT2D eigenvalue weighted by Gasteiger charge is -2.33. The largest absolute Gasteiger partial charge is 0.472 e. The van der Waals surface area contributed by atoms with Crippen molar-refractivity contribution in [1.29, 1.82) is 0 Å². The van der Waals surface area contributed by atoms with Gasteiger partial charge in [0.05, 0.1) is 20.1 Å². The maximum absolute atomic E-state index is 11.4. The Labute approximate surface area is 86.1 Å². The first-order valence-corrected chi connectivity index (χ1v) is 4.55. The van der Waals surface area contributed by atoms with Crippen molar-refractivity contribution >= 4 is 11.9 Å². The smallest absolute Gasteiger partial charge is 0.336 e. The third-order valence-corrected chi connectivity index (χ3v) is 2.48. The highest BCUT2D eigenvalue weighted by molar-refractivity contribution is 5.91. The molecular formula is C9H11NO5. The first-order chi connectivity index (χ1) is 7.19. The SMILES string of the molecule is COC(=O)C1/C(=C\CO)OC2CC(=O)N21. The summed E-state index contributed by atoms with van der Waals surface area (Å²) in [6.45, 7) is -0.239. The van der Waals surface area contributed by atoms with Gasteiger partial charge < -0.3 is 14.6 Å². The molecule has 0 radical (unpaired) electrons. The number of carbonyl (C=O) groups is 2. The average molecular weight is 213 g/mol. The topological polar surface area (TPSA) is 76.1 Å². The second-order valence-corrected chi connectivity index (χ2v) is 3.29. The van der Waals surface area contributed by atoms with Gasteiger partial charge in [-0.05, 0) is 6.08 Å². The summed E-state index contributed by atoms with van der Waals surface area (Å²) in [6, 6.07) is -0.826. The molecule has 82 valence electrons. The summed E-state index contributed by atoms with van der Waals surface area (Å²) in [5.74, 6) is -0.401. The van der Waals surface area contributed by atoms with Crippen LogP contribution in [-0.2, 0) is 19.1 Å². The van der Waals surface area contributed by atoms with Gasteiger partial charge in [-0.3, -0.25) is 9.69 Å². The number of hydrogen-bond acceptors (Lipinski definition) is 5. The van der Waals surface area contributed by atoms with Gasteiger partial charge in [-0.15, -0.1) is 0 Å². The number of β-lactam (4-membered cyclic amide) rings is 1. The zero-order chi connectivity index (χ0) is 11.0. The molecule has 2 aliphatic heterocycles. The molecule has 1 amide bonds. The lowest BCUT2D eigenvalue weighted by molar-refractivity contribution is -0.164. The van der Waals surface area contributed by atoms with Gasteiger partial charge in [0.25, 0.3) is 0 Å². The first kappa shape index (κ1) is 9.97. The fourth-order valence-corrected chi connectivity index (χ4v) is 1.76. The standard InChI is InChI=1S/C9H11NO5/c1-14-9(13)8-5(2-3-11)15-7-4-6(12)10(7)8/h2,7-8,11H,3-4H2,1H3/b5-2+. The highest BCUT2D eigenvalue weighted by Crippen LogP contribution is 2.36. The molecule has 15 heavy (non-hydrogen) atoms. The van der Waals surface area contributed by atoms with Gasteiger partial charge >= 0.3 is 5.97 Å². The van der Waals surface area contributed by atoms with E-state index in [9.17, 15) is 9.59 Å². The third kappa shape index (κ3) is 1.37. The van der Waals surface area contributed by atoms with E-state index in [1.807, 2.05) is 0 Å². The van der Waals surface area contributed by atoms with Gasteiger partial charge in [0.1, 0.15) is 5.76 Å². The van der Waals surface area contributed by atoms with E-state index in [2.05, 4.69) is 4.74 Å². The van der Waals surface area contributed by atoms with Crippen LogP contribution in [0.25, 0.3) is 0 Å². The van der Waals surface area contributed by atoms with E-state index in [0.717, 1.165) is 0 Å². The minimum absolute atomic E-state index is 0.142. The molecule has 0 aromatic heterocycles. The number of amides is 1. The van der Waals surface area contributed by atoms with E-state index >= 15 is 0 Å². The second kappa shape index (κ2) is 3.54. The van der Waals surface area contributed by atoms with Gasteiger partial charge in [0, 0.05) is 0 Å². The maximum Gasteiger partial charge on any atom is 0.336 e. The number of aliphatic hydroxyl groups excluding tert-OH is 1. The molecule has 0 spiro atoms. The Bertz CT molecular complexity index is 337. The van der Waals surface area contributed by atoms with Crippen LogP contribution < -0.4 is 0 Å². The molecule has 6 nitrogen and oxygen atoms in total. The molecule has 2 fully saturated rings. The minimum atomic E-state index is -0.826. The summed E-state index contributed by atoms with van der Waals surface area (Å²) in [5, 5.41) is 8.75. The maximum atomic E-state index is 11.4. The highest BCUT2D eigenvalue weighted by Gasteiger charge is 2.53. The van der Waals surface area contributed by atoms with Crippen molar-refractivity contribution < 1.29 is 24.2 Å². The Balaban J connectivity index is 2.24. The van der Waals surface area contributed by atoms with Crippen LogP contribution in [-0.4, -0.2) is 47.9 Å². The zero-order valence-corrected chi connectivity index (χ0v) is 8.17. The summed E-state index contributed by atoms with van der Waals surface area (Å²) >= 11 is 0. The van der Waals surface area contributed by atoms with Crippen LogP contribution in [0.15, 0.2) is 11.8 Å².